The zero-order valence-corrected chi connectivity index (χ0v) is 17.1. The first-order chi connectivity index (χ1) is 13.1. The number of aliphatic imine (C=N–C) groups is 1. The minimum Gasteiger partial charge on any atom is -0.496 e. The molecule has 0 saturated heterocycles. The van der Waals surface area contributed by atoms with Crippen molar-refractivity contribution < 1.29 is 14.3 Å². The van der Waals surface area contributed by atoms with Gasteiger partial charge in [-0.25, -0.2) is 9.79 Å². The van der Waals surface area contributed by atoms with E-state index >= 15 is 0 Å². The number of guanidine groups is 1. The van der Waals surface area contributed by atoms with E-state index in [0.29, 0.717) is 17.9 Å². The molecule has 0 radical (unpaired) electrons. The van der Waals surface area contributed by atoms with E-state index in [1.807, 2.05) is 19.2 Å². The number of hydrogen-bond donors (Lipinski definition) is 1. The minimum absolute atomic E-state index is 0.410. The average Bonchev–Trinajstić information content (AvgIpc) is 3.22. The maximum atomic E-state index is 11.8. The predicted molar refractivity (Wildman–Crippen MR) is 110 cm³/mol. The zero-order valence-electron chi connectivity index (χ0n) is 16.3. The molecule has 0 unspecified atom stereocenters. The molecule has 1 heterocycles. The molecule has 0 bridgehead atoms. The molecule has 2 aromatic rings. The molecule has 146 valence electrons. The second kappa shape index (κ2) is 10.6. The molecule has 0 aliphatic heterocycles. The van der Waals surface area contributed by atoms with Crippen LogP contribution in [0.3, 0.4) is 0 Å². The number of thiophene rings is 1. The first-order valence-electron chi connectivity index (χ1n) is 8.86. The number of nitrogens with zero attached hydrogens (tertiary/aromatic N) is 2. The van der Waals surface area contributed by atoms with Crippen LogP contribution in [-0.4, -0.2) is 51.2 Å². The maximum Gasteiger partial charge on any atom is 0.341 e. The summed E-state index contributed by atoms with van der Waals surface area (Å²) < 4.78 is 10.1. The molecule has 27 heavy (non-hydrogen) atoms. The van der Waals surface area contributed by atoms with Crippen LogP contribution in [0.15, 0.2) is 40.7 Å². The van der Waals surface area contributed by atoms with Gasteiger partial charge in [0.15, 0.2) is 5.96 Å². The Morgan fingerprint density at radius 3 is 2.74 bits per heavy atom. The van der Waals surface area contributed by atoms with Crippen molar-refractivity contribution >= 4 is 23.3 Å². The summed E-state index contributed by atoms with van der Waals surface area (Å²) >= 11 is 1.77. The fraction of sp³-hybridized carbons (Fsp3) is 0.400. The topological polar surface area (TPSA) is 63.2 Å². The predicted octanol–water partition coefficient (Wildman–Crippen LogP) is 3.18. The van der Waals surface area contributed by atoms with Crippen molar-refractivity contribution in [3.8, 4) is 5.75 Å². The van der Waals surface area contributed by atoms with E-state index in [1.165, 1.54) is 19.1 Å². The van der Waals surface area contributed by atoms with Crippen molar-refractivity contribution in [2.75, 3.05) is 34.4 Å². The van der Waals surface area contributed by atoms with Crippen LogP contribution in [0, 0.1) is 0 Å². The standard InChI is InChI=1S/C20H27N3O3S/c1-5-21-20(23(2)11-10-16-7-6-12-27-16)22-14-15-8-9-17(19(24)26-4)18(13-15)25-3/h6-9,12-13H,5,10-11,14H2,1-4H3,(H,21,22). The van der Waals surface area contributed by atoms with Gasteiger partial charge in [-0.1, -0.05) is 12.1 Å². The fourth-order valence-electron chi connectivity index (χ4n) is 2.59. The highest BCUT2D eigenvalue weighted by Gasteiger charge is 2.13. The SMILES string of the molecule is CCNC(=NCc1ccc(C(=O)OC)c(OC)c1)N(C)CCc1cccs1. The van der Waals surface area contributed by atoms with Gasteiger partial charge in [-0.2, -0.15) is 0 Å². The lowest BCUT2D eigenvalue weighted by Gasteiger charge is -2.22. The number of likely N-dealkylation sites (N-methyl/N-ethyl adjacent to an activating group) is 1. The summed E-state index contributed by atoms with van der Waals surface area (Å²) in [6, 6.07) is 9.63. The number of benzene rings is 1. The van der Waals surface area contributed by atoms with Crippen molar-refractivity contribution in [3.63, 3.8) is 0 Å². The maximum absolute atomic E-state index is 11.8. The van der Waals surface area contributed by atoms with E-state index in [-0.39, 0.29) is 0 Å². The highest BCUT2D eigenvalue weighted by atomic mass is 32.1. The van der Waals surface area contributed by atoms with Crippen LogP contribution in [-0.2, 0) is 17.7 Å². The van der Waals surface area contributed by atoms with E-state index < -0.39 is 5.97 Å². The first kappa shape index (κ1) is 20.8. The van der Waals surface area contributed by atoms with Crippen molar-refractivity contribution in [1.29, 1.82) is 0 Å². The Balaban J connectivity index is 2.07. The number of rotatable bonds is 8. The van der Waals surface area contributed by atoms with E-state index in [1.54, 1.807) is 17.4 Å². The summed E-state index contributed by atoms with van der Waals surface area (Å²) in [6.45, 7) is 4.23. The van der Waals surface area contributed by atoms with Gasteiger partial charge in [0.25, 0.3) is 0 Å². The molecule has 0 fully saturated rings. The third-order valence-corrected chi connectivity index (χ3v) is 4.99. The Morgan fingerprint density at radius 1 is 1.30 bits per heavy atom. The quantitative estimate of drug-likeness (QED) is 0.427. The second-order valence-corrected chi connectivity index (χ2v) is 6.98. The van der Waals surface area contributed by atoms with E-state index in [0.717, 1.165) is 31.0 Å². The Hall–Kier alpha value is -2.54. The highest BCUT2D eigenvalue weighted by molar-refractivity contribution is 7.09. The normalized spacial score (nSPS) is 11.2. The minimum atomic E-state index is -0.413. The molecule has 0 saturated carbocycles. The summed E-state index contributed by atoms with van der Waals surface area (Å²) in [5.41, 5.74) is 1.37. The summed E-state index contributed by atoms with van der Waals surface area (Å²) in [6.07, 6.45) is 0.986. The molecule has 0 atom stereocenters. The molecular formula is C20H27N3O3S. The fourth-order valence-corrected chi connectivity index (χ4v) is 3.29. The van der Waals surface area contributed by atoms with E-state index in [9.17, 15) is 4.79 Å². The third kappa shape index (κ3) is 5.99. The molecule has 7 heteroatoms. The highest BCUT2D eigenvalue weighted by Crippen LogP contribution is 2.21. The van der Waals surface area contributed by atoms with Crippen molar-refractivity contribution in [3.05, 3.63) is 51.7 Å². The third-order valence-electron chi connectivity index (χ3n) is 4.05. The summed E-state index contributed by atoms with van der Waals surface area (Å²) in [4.78, 5) is 20.0. The second-order valence-electron chi connectivity index (χ2n) is 5.95. The molecule has 6 nitrogen and oxygen atoms in total. The lowest BCUT2D eigenvalue weighted by Crippen LogP contribution is -2.39. The van der Waals surface area contributed by atoms with Crippen LogP contribution in [0.5, 0.6) is 5.75 Å². The molecule has 1 N–H and O–H groups in total. The molecule has 0 aliphatic carbocycles. The van der Waals surface area contributed by atoms with Gasteiger partial charge in [0.05, 0.1) is 20.8 Å². The number of carbonyl (C=O) groups is 1. The summed E-state index contributed by atoms with van der Waals surface area (Å²) in [5.74, 6) is 0.930. The number of hydrogen-bond acceptors (Lipinski definition) is 5. The van der Waals surface area contributed by atoms with E-state index in [4.69, 9.17) is 14.5 Å². The zero-order chi connectivity index (χ0) is 19.6. The van der Waals surface area contributed by atoms with Crippen LogP contribution >= 0.6 is 11.3 Å². The number of methoxy groups -OCH3 is 2. The first-order valence-corrected chi connectivity index (χ1v) is 9.74. The number of esters is 1. The molecule has 1 aromatic carbocycles. The molecular weight excluding hydrogens is 362 g/mol. The molecule has 0 aliphatic rings. The van der Waals surface area contributed by atoms with Gasteiger partial charge < -0.3 is 19.7 Å². The number of nitrogens with one attached hydrogen (secondary N) is 1. The summed E-state index contributed by atoms with van der Waals surface area (Å²) in [7, 11) is 4.93. The van der Waals surface area contributed by atoms with Crippen molar-refractivity contribution in [2.45, 2.75) is 19.9 Å². The molecule has 0 spiro atoms. The number of carbonyl (C=O) groups excluding carboxylic acids is 1. The van der Waals surface area contributed by atoms with Crippen molar-refractivity contribution in [2.24, 2.45) is 4.99 Å². The van der Waals surface area contributed by atoms with Crippen LogP contribution in [0.2, 0.25) is 0 Å². The van der Waals surface area contributed by atoms with Gasteiger partial charge in [-0.3, -0.25) is 0 Å². The lowest BCUT2D eigenvalue weighted by molar-refractivity contribution is 0.0597. The smallest absolute Gasteiger partial charge is 0.341 e. The average molecular weight is 390 g/mol. The van der Waals surface area contributed by atoms with Gasteiger partial charge in [0, 0.05) is 25.0 Å². The molecule has 2 rings (SSSR count). The van der Waals surface area contributed by atoms with Gasteiger partial charge >= 0.3 is 5.97 Å². The van der Waals surface area contributed by atoms with Crippen LogP contribution in [0.1, 0.15) is 27.7 Å². The van der Waals surface area contributed by atoms with Gasteiger partial charge in [0.2, 0.25) is 0 Å². The van der Waals surface area contributed by atoms with Crippen LogP contribution in [0.25, 0.3) is 0 Å². The largest absolute Gasteiger partial charge is 0.496 e. The van der Waals surface area contributed by atoms with Crippen LogP contribution < -0.4 is 10.1 Å². The van der Waals surface area contributed by atoms with Crippen molar-refractivity contribution in [1.82, 2.24) is 10.2 Å². The van der Waals surface area contributed by atoms with E-state index in [2.05, 4.69) is 34.7 Å². The Bertz CT molecular complexity index is 760. The molecule has 1 aromatic heterocycles. The molecule has 0 amide bonds. The van der Waals surface area contributed by atoms with Gasteiger partial charge in [-0.05, 0) is 42.5 Å². The van der Waals surface area contributed by atoms with Crippen LogP contribution in [0.4, 0.5) is 0 Å². The Kier molecular flexibility index (Phi) is 8.13. The van der Waals surface area contributed by atoms with Gasteiger partial charge in [0.1, 0.15) is 11.3 Å². The van der Waals surface area contributed by atoms with Gasteiger partial charge in [-0.15, -0.1) is 11.3 Å². The summed E-state index contributed by atoms with van der Waals surface area (Å²) in [5, 5.41) is 5.42. The Morgan fingerprint density at radius 2 is 2.11 bits per heavy atom. The lowest BCUT2D eigenvalue weighted by atomic mass is 10.1. The number of ether oxygens (including phenoxy) is 2. The monoisotopic (exact) mass is 389 g/mol. The Labute approximate surface area is 164 Å².